The van der Waals surface area contributed by atoms with Crippen molar-refractivity contribution in [3.63, 3.8) is 0 Å². The molecule has 1 heterocycles. The summed E-state index contributed by atoms with van der Waals surface area (Å²) in [6, 6.07) is 24.3. The van der Waals surface area contributed by atoms with Crippen molar-refractivity contribution in [3.05, 3.63) is 142 Å². The van der Waals surface area contributed by atoms with Crippen LogP contribution in [0.1, 0.15) is 128 Å². The lowest BCUT2D eigenvalue weighted by Crippen LogP contribution is -2.61. The third kappa shape index (κ3) is 18.9. The Morgan fingerprint density at radius 3 is 1.91 bits per heavy atom. The second-order valence-corrected chi connectivity index (χ2v) is 23.8. The first-order valence-corrected chi connectivity index (χ1v) is 28.5. The van der Waals surface area contributed by atoms with Gasteiger partial charge >= 0.3 is 18.0 Å². The average molecular weight is 1170 g/mol. The maximum atomic E-state index is 14.1. The molecule has 456 valence electrons. The van der Waals surface area contributed by atoms with Crippen LogP contribution in [0.2, 0.25) is 0 Å². The standard InChI is InChI=1S/C65H84N8O12/c1-39(2)51(35-41(5)62(82)83)72(12)61(81)57(64(6,7)8)71-60(80)56(66-11)65(9,10)47-27-21-42(22-28-47)36-67-63(84)85-38-43-23-29-48(30-24-43)68-58(78)49(31-34-54(76)77)69-59(79)55(40(3)4)70-52(74)32-33-53(75)73-37-46-19-14-13-17-44(46)25-26-45-18-15-16-20-50(45)73/h13-30,35,39-40,49,51,55-57,66H,31-34,36-38H2,1-12H3,(H,67,84)(H,68,78)(H,69,79)(H,70,74)(H,71,80)(H,76,77)(H,82,83)/b26-25-,41-35+/t49-,51+,55-,56?,57+/m0/s1. The topological polar surface area (TPSA) is 282 Å². The summed E-state index contributed by atoms with van der Waals surface area (Å²) in [7, 11) is 3.28. The number of ether oxygens (including phenoxy) is 1. The van der Waals surface area contributed by atoms with Crippen LogP contribution in [0.3, 0.4) is 0 Å². The fourth-order valence-electron chi connectivity index (χ4n) is 9.94. The predicted molar refractivity (Wildman–Crippen MR) is 326 cm³/mol. The number of rotatable bonds is 26. The summed E-state index contributed by atoms with van der Waals surface area (Å²) < 4.78 is 5.45. The predicted octanol–water partition coefficient (Wildman–Crippen LogP) is 7.95. The van der Waals surface area contributed by atoms with E-state index in [0.717, 1.165) is 27.8 Å². The molecule has 0 fully saturated rings. The van der Waals surface area contributed by atoms with Crippen molar-refractivity contribution in [2.24, 2.45) is 17.3 Å². The van der Waals surface area contributed by atoms with Crippen LogP contribution >= 0.6 is 0 Å². The molecule has 20 nitrogen and oxygen atoms in total. The Morgan fingerprint density at radius 1 is 0.694 bits per heavy atom. The van der Waals surface area contributed by atoms with Gasteiger partial charge in [0.15, 0.2) is 0 Å². The van der Waals surface area contributed by atoms with Gasteiger partial charge in [-0.15, -0.1) is 0 Å². The number of benzene rings is 4. The summed E-state index contributed by atoms with van der Waals surface area (Å²) in [5.74, 6) is -5.83. The first-order valence-electron chi connectivity index (χ1n) is 28.5. The lowest BCUT2D eigenvalue weighted by molar-refractivity contribution is -0.141. The minimum absolute atomic E-state index is 0.109. The zero-order chi connectivity index (χ0) is 62.9. The number of carboxylic acid groups (broad SMARTS) is 2. The van der Waals surface area contributed by atoms with Crippen LogP contribution in [-0.2, 0) is 68.2 Å². The van der Waals surface area contributed by atoms with Gasteiger partial charge in [0.05, 0.1) is 24.3 Å². The van der Waals surface area contributed by atoms with Crippen molar-refractivity contribution in [2.75, 3.05) is 24.3 Å². The minimum atomic E-state index is -1.30. The number of likely N-dealkylation sites (N-methyl/N-ethyl adjacent to an activating group) is 2. The Labute approximate surface area is 498 Å². The van der Waals surface area contributed by atoms with E-state index in [4.69, 9.17) is 4.74 Å². The van der Waals surface area contributed by atoms with Gasteiger partial charge in [-0.2, -0.15) is 0 Å². The molecule has 1 aliphatic rings. The normalized spacial score (nSPS) is 14.6. The molecule has 0 spiro atoms. The van der Waals surface area contributed by atoms with Crippen LogP contribution in [0.25, 0.3) is 12.2 Å². The number of fused-ring (bicyclic) bond motifs is 2. The van der Waals surface area contributed by atoms with Crippen LogP contribution in [0, 0.1) is 17.3 Å². The Morgan fingerprint density at radius 2 is 1.31 bits per heavy atom. The molecule has 0 saturated carbocycles. The second-order valence-electron chi connectivity index (χ2n) is 23.8. The summed E-state index contributed by atoms with van der Waals surface area (Å²) in [6.07, 6.45) is 3.75. The van der Waals surface area contributed by atoms with E-state index in [9.17, 15) is 53.4 Å². The highest BCUT2D eigenvalue weighted by atomic mass is 16.5. The molecular weight excluding hydrogens is 1080 g/mol. The van der Waals surface area contributed by atoms with Gasteiger partial charge in [0.25, 0.3) is 0 Å². The van der Waals surface area contributed by atoms with Gasteiger partial charge in [0, 0.05) is 49.5 Å². The molecule has 0 aliphatic carbocycles. The van der Waals surface area contributed by atoms with Crippen LogP contribution < -0.4 is 36.8 Å². The summed E-state index contributed by atoms with van der Waals surface area (Å²) in [5.41, 5.74) is 4.52. The molecule has 0 bridgehead atoms. The third-order valence-electron chi connectivity index (χ3n) is 15.1. The highest BCUT2D eigenvalue weighted by Gasteiger charge is 2.42. The molecule has 1 unspecified atom stereocenters. The number of amides is 7. The molecular formula is C65H84N8O12. The maximum absolute atomic E-state index is 14.1. The number of para-hydroxylation sites is 1. The van der Waals surface area contributed by atoms with Gasteiger partial charge < -0.3 is 56.7 Å². The number of nitrogens with one attached hydrogen (secondary N) is 6. The lowest BCUT2D eigenvalue weighted by atomic mass is 9.76. The zero-order valence-electron chi connectivity index (χ0n) is 50.8. The molecule has 4 aromatic carbocycles. The SMILES string of the molecule is CNC(C(=O)N[C@H](C(=O)N(C)[C@H](/C=C(\C)C(=O)O)C(C)C)C(C)(C)C)C(C)(C)c1ccc(CNC(=O)OCc2ccc(NC(=O)[C@H](CCC(=O)O)NC(=O)[C@@H](NC(=O)CCC(=O)N3Cc4ccccc4/C=C\c4ccccc43)C(C)C)cc2)cc1. The van der Waals surface area contributed by atoms with Gasteiger partial charge in [-0.1, -0.05) is 159 Å². The average Bonchev–Trinajstić information content (AvgIpc) is 3.39. The molecule has 0 radical (unpaired) electrons. The molecule has 5 atom stereocenters. The van der Waals surface area contributed by atoms with Crippen molar-refractivity contribution in [1.82, 2.24) is 31.5 Å². The molecule has 20 heteroatoms. The van der Waals surface area contributed by atoms with Gasteiger partial charge in [-0.3, -0.25) is 33.6 Å². The zero-order valence-corrected chi connectivity index (χ0v) is 50.8. The fourth-order valence-corrected chi connectivity index (χ4v) is 9.94. The Bertz CT molecular complexity index is 3110. The van der Waals surface area contributed by atoms with Gasteiger partial charge in [0.1, 0.15) is 24.7 Å². The number of carbonyl (C=O) groups is 9. The van der Waals surface area contributed by atoms with Crippen LogP contribution in [0.5, 0.6) is 0 Å². The Hall–Kier alpha value is -8.65. The third-order valence-corrected chi connectivity index (χ3v) is 15.1. The van der Waals surface area contributed by atoms with Crippen LogP contribution in [0.15, 0.2) is 109 Å². The first-order chi connectivity index (χ1) is 40.0. The fraction of sp³-hybridized carbons (Fsp3) is 0.431. The summed E-state index contributed by atoms with van der Waals surface area (Å²) in [5, 5.41) is 35.9. The summed E-state index contributed by atoms with van der Waals surface area (Å²) in [4.78, 5) is 122. The molecule has 7 amide bonds. The number of carbonyl (C=O) groups excluding carboxylic acids is 7. The van der Waals surface area contributed by atoms with Gasteiger partial charge in [-0.25, -0.2) is 9.59 Å². The lowest BCUT2D eigenvalue weighted by Gasteiger charge is -2.40. The monoisotopic (exact) mass is 1170 g/mol. The molecule has 4 aromatic rings. The molecule has 8 N–H and O–H groups in total. The van der Waals surface area contributed by atoms with Crippen LogP contribution in [-0.4, -0.2) is 113 Å². The quantitative estimate of drug-likeness (QED) is 0.0278. The molecule has 5 rings (SSSR count). The van der Waals surface area contributed by atoms with Crippen molar-refractivity contribution in [2.45, 2.75) is 150 Å². The number of anilines is 2. The highest BCUT2D eigenvalue weighted by molar-refractivity contribution is 6.00. The van der Waals surface area contributed by atoms with E-state index < -0.39 is 95.0 Å². The van der Waals surface area contributed by atoms with Gasteiger partial charge in [-0.05, 0) is 89.2 Å². The van der Waals surface area contributed by atoms with Crippen molar-refractivity contribution < 1.29 is 58.1 Å². The van der Waals surface area contributed by atoms with Crippen molar-refractivity contribution in [1.29, 1.82) is 0 Å². The van der Waals surface area contributed by atoms with Crippen molar-refractivity contribution >= 4 is 77.0 Å². The molecule has 1 aliphatic heterocycles. The number of alkyl carbamates (subject to hydrolysis) is 1. The van der Waals surface area contributed by atoms with Gasteiger partial charge in [0.2, 0.25) is 35.4 Å². The highest BCUT2D eigenvalue weighted by Crippen LogP contribution is 2.32. The Kier molecular flexibility index (Phi) is 23.9. The maximum Gasteiger partial charge on any atom is 0.407 e. The van der Waals surface area contributed by atoms with E-state index in [1.807, 2.05) is 133 Å². The van der Waals surface area contributed by atoms with E-state index in [1.54, 1.807) is 63.2 Å². The van der Waals surface area contributed by atoms with E-state index in [-0.39, 0.29) is 55.7 Å². The summed E-state index contributed by atoms with van der Waals surface area (Å²) >= 11 is 0. The molecule has 0 aromatic heterocycles. The van der Waals surface area contributed by atoms with E-state index in [2.05, 4.69) is 31.9 Å². The summed E-state index contributed by atoms with van der Waals surface area (Å²) in [6.45, 7) is 18.4. The van der Waals surface area contributed by atoms with Crippen molar-refractivity contribution in [3.8, 4) is 0 Å². The minimum Gasteiger partial charge on any atom is -0.481 e. The van der Waals surface area contributed by atoms with E-state index >= 15 is 0 Å². The number of aliphatic carboxylic acids is 2. The van der Waals surface area contributed by atoms with Crippen LogP contribution in [0.4, 0.5) is 16.2 Å². The Balaban J connectivity index is 1.12. The van der Waals surface area contributed by atoms with E-state index in [0.29, 0.717) is 23.5 Å². The van der Waals surface area contributed by atoms with E-state index in [1.165, 1.54) is 11.8 Å². The number of hydrogen-bond acceptors (Lipinski definition) is 11. The molecule has 85 heavy (non-hydrogen) atoms. The number of carboxylic acids is 2. The first kappa shape index (κ1) is 67.1. The largest absolute Gasteiger partial charge is 0.481 e. The molecule has 0 saturated heterocycles. The number of nitrogens with zero attached hydrogens (tertiary/aromatic N) is 2. The smallest absolute Gasteiger partial charge is 0.407 e. The second kappa shape index (κ2) is 30.2. The number of hydrogen-bond donors (Lipinski definition) is 8.